The number of halogens is 1. The second-order valence-corrected chi connectivity index (χ2v) is 7.60. The molecule has 0 aliphatic carbocycles. The predicted octanol–water partition coefficient (Wildman–Crippen LogP) is 3.00. The van der Waals surface area contributed by atoms with E-state index in [-0.39, 0.29) is 6.10 Å². The number of anilines is 2. The summed E-state index contributed by atoms with van der Waals surface area (Å²) in [5.74, 6) is -0.496. The van der Waals surface area contributed by atoms with Gasteiger partial charge in [0.15, 0.2) is 5.01 Å². The minimum atomic E-state index is -0.517. The van der Waals surface area contributed by atoms with Crippen LogP contribution in [0.3, 0.4) is 0 Å². The first-order chi connectivity index (χ1) is 12.9. The fourth-order valence-electron chi connectivity index (χ4n) is 2.45. The molecule has 7 nitrogen and oxygen atoms in total. The first-order valence-corrected chi connectivity index (χ1v) is 9.62. The zero-order valence-electron chi connectivity index (χ0n) is 14.5. The summed E-state index contributed by atoms with van der Waals surface area (Å²) in [5, 5.41) is 12.0. The molecule has 1 N–H and O–H groups in total. The molecule has 2 aromatic rings. The van der Waals surface area contributed by atoms with E-state index >= 15 is 0 Å². The Balaban J connectivity index is 1.77. The van der Waals surface area contributed by atoms with Crippen molar-refractivity contribution < 1.29 is 13.9 Å². The van der Waals surface area contributed by atoms with Crippen LogP contribution >= 0.6 is 35.8 Å². The highest BCUT2D eigenvalue weighted by molar-refractivity contribution is 7.80. The van der Waals surface area contributed by atoms with Gasteiger partial charge in [0.05, 0.1) is 29.3 Å². The zero-order valence-corrected chi connectivity index (χ0v) is 17.0. The topological polar surface area (TPSA) is 70.6 Å². The highest BCUT2D eigenvalue weighted by Crippen LogP contribution is 2.32. The lowest BCUT2D eigenvalue weighted by Gasteiger charge is -2.14. The minimum absolute atomic E-state index is 0.308. The summed E-state index contributed by atoms with van der Waals surface area (Å²) in [4.78, 5) is 15.7. The molecule has 1 atom stereocenters. The SMILES string of the molecule is CC(=S)NC[C@H]1CN(c2ccc(-c3nnc(N(C)C=S)s3)c(F)c2)C(=O)O1. The van der Waals surface area contributed by atoms with Crippen LogP contribution in [0.2, 0.25) is 0 Å². The van der Waals surface area contributed by atoms with Gasteiger partial charge in [0, 0.05) is 12.6 Å². The van der Waals surface area contributed by atoms with E-state index in [1.807, 2.05) is 0 Å². The molecule has 27 heavy (non-hydrogen) atoms. The van der Waals surface area contributed by atoms with Crippen molar-refractivity contribution in [3.63, 3.8) is 0 Å². The van der Waals surface area contributed by atoms with E-state index in [0.717, 1.165) is 0 Å². The second-order valence-electron chi connectivity index (χ2n) is 5.82. The van der Waals surface area contributed by atoms with Gasteiger partial charge in [0.2, 0.25) is 5.13 Å². The van der Waals surface area contributed by atoms with Crippen LogP contribution in [0.5, 0.6) is 0 Å². The van der Waals surface area contributed by atoms with Crippen molar-refractivity contribution in [3.8, 4) is 10.6 Å². The number of nitrogens with one attached hydrogen (secondary N) is 1. The molecule has 1 aliphatic heterocycles. The number of rotatable bonds is 6. The molecule has 1 aromatic heterocycles. The number of amides is 1. The summed E-state index contributed by atoms with van der Waals surface area (Å²) < 4.78 is 19.9. The normalized spacial score (nSPS) is 16.2. The fourth-order valence-corrected chi connectivity index (χ4v) is 3.51. The highest BCUT2D eigenvalue weighted by Gasteiger charge is 2.32. The Morgan fingerprint density at radius 1 is 1.56 bits per heavy atom. The van der Waals surface area contributed by atoms with E-state index in [9.17, 15) is 9.18 Å². The standard InChI is InChI=1S/C16H16FN5O2S3/c1-9(26)18-6-11-7-22(16(23)24-11)10-3-4-12(13(17)5-10)14-19-20-15(27-14)21(2)8-25/h3-5,8,11H,6-7H2,1-2H3,(H,18,26)/t11-/m0/s1. The Labute approximate surface area is 170 Å². The van der Waals surface area contributed by atoms with Gasteiger partial charge in [-0.2, -0.15) is 0 Å². The summed E-state index contributed by atoms with van der Waals surface area (Å²) in [5.41, 5.74) is 2.16. The van der Waals surface area contributed by atoms with Crippen molar-refractivity contribution in [1.29, 1.82) is 0 Å². The van der Waals surface area contributed by atoms with Crippen LogP contribution < -0.4 is 15.1 Å². The van der Waals surface area contributed by atoms with Gasteiger partial charge in [0.1, 0.15) is 11.9 Å². The molecular formula is C16H16FN5O2S3. The van der Waals surface area contributed by atoms with Crippen LogP contribution in [0, 0.1) is 5.82 Å². The van der Waals surface area contributed by atoms with Crippen LogP contribution in [0.4, 0.5) is 20.0 Å². The summed E-state index contributed by atoms with van der Waals surface area (Å²) in [6, 6.07) is 4.52. The Bertz CT molecular complexity index is 891. The van der Waals surface area contributed by atoms with Crippen LogP contribution in [-0.2, 0) is 4.74 Å². The van der Waals surface area contributed by atoms with Gasteiger partial charge < -0.3 is 15.0 Å². The number of cyclic esters (lactones) is 1. The maximum absolute atomic E-state index is 14.6. The molecule has 1 aromatic carbocycles. The molecule has 142 valence electrons. The molecule has 1 fully saturated rings. The van der Waals surface area contributed by atoms with Crippen molar-refractivity contribution in [3.05, 3.63) is 24.0 Å². The summed E-state index contributed by atoms with van der Waals surface area (Å²) >= 11 is 11.0. The number of aromatic nitrogens is 2. The molecule has 1 saturated heterocycles. The number of hydrogen-bond acceptors (Lipinski definition) is 7. The van der Waals surface area contributed by atoms with Crippen LogP contribution in [0.1, 0.15) is 6.92 Å². The molecule has 0 spiro atoms. The van der Waals surface area contributed by atoms with Crippen molar-refractivity contribution in [2.45, 2.75) is 13.0 Å². The maximum Gasteiger partial charge on any atom is 0.414 e. The number of carbonyl (C=O) groups excluding carboxylic acids is 1. The molecule has 0 bridgehead atoms. The van der Waals surface area contributed by atoms with E-state index < -0.39 is 11.9 Å². The summed E-state index contributed by atoms with van der Waals surface area (Å²) in [6.07, 6.45) is -0.870. The third-order valence-electron chi connectivity index (χ3n) is 3.82. The molecule has 3 rings (SSSR count). The number of nitrogens with zero attached hydrogens (tertiary/aromatic N) is 4. The Kier molecular flexibility index (Phi) is 5.92. The quantitative estimate of drug-likeness (QED) is 0.709. The van der Waals surface area contributed by atoms with E-state index in [2.05, 4.69) is 15.5 Å². The monoisotopic (exact) mass is 425 g/mol. The van der Waals surface area contributed by atoms with E-state index in [4.69, 9.17) is 29.2 Å². The fraction of sp³-hybridized carbons (Fsp3) is 0.312. The third kappa shape index (κ3) is 4.37. The van der Waals surface area contributed by atoms with Gasteiger partial charge in [-0.05, 0) is 25.1 Å². The lowest BCUT2D eigenvalue weighted by atomic mass is 10.2. The third-order valence-corrected chi connectivity index (χ3v) is 5.33. The van der Waals surface area contributed by atoms with Crippen LogP contribution in [-0.4, -0.2) is 53.0 Å². The minimum Gasteiger partial charge on any atom is -0.442 e. The van der Waals surface area contributed by atoms with Gasteiger partial charge in [0.25, 0.3) is 0 Å². The average Bonchev–Trinajstić information content (AvgIpc) is 3.26. The molecule has 11 heteroatoms. The molecule has 0 saturated carbocycles. The van der Waals surface area contributed by atoms with E-state index in [1.165, 1.54) is 27.8 Å². The number of hydrogen-bond donors (Lipinski definition) is 1. The number of benzene rings is 1. The van der Waals surface area contributed by atoms with Gasteiger partial charge in [-0.15, -0.1) is 10.2 Å². The van der Waals surface area contributed by atoms with Crippen molar-refractivity contribution in [1.82, 2.24) is 15.5 Å². The molecule has 2 heterocycles. The highest BCUT2D eigenvalue weighted by atomic mass is 32.1. The van der Waals surface area contributed by atoms with Crippen molar-refractivity contribution >= 4 is 63.2 Å². The largest absolute Gasteiger partial charge is 0.442 e. The Morgan fingerprint density at radius 2 is 2.33 bits per heavy atom. The van der Waals surface area contributed by atoms with Gasteiger partial charge in [-0.1, -0.05) is 35.8 Å². The second kappa shape index (κ2) is 8.19. The maximum atomic E-state index is 14.6. The first-order valence-electron chi connectivity index (χ1n) is 7.93. The number of thiocarbonyl (C=S) groups is 2. The molecule has 1 amide bonds. The van der Waals surface area contributed by atoms with Gasteiger partial charge in [-0.25, -0.2) is 9.18 Å². The molecule has 0 unspecified atom stereocenters. The summed E-state index contributed by atoms with van der Waals surface area (Å²) in [7, 11) is 1.74. The van der Waals surface area contributed by atoms with Gasteiger partial charge >= 0.3 is 6.09 Å². The first kappa shape index (κ1) is 19.5. The van der Waals surface area contributed by atoms with Gasteiger partial charge in [-0.3, -0.25) is 4.90 Å². The predicted molar refractivity (Wildman–Crippen MR) is 111 cm³/mol. The lowest BCUT2D eigenvalue weighted by Crippen LogP contribution is -2.32. The average molecular weight is 426 g/mol. The van der Waals surface area contributed by atoms with Crippen LogP contribution in [0.25, 0.3) is 10.6 Å². The zero-order chi connectivity index (χ0) is 19.6. The Morgan fingerprint density at radius 3 is 3.00 bits per heavy atom. The molecule has 1 aliphatic rings. The van der Waals surface area contributed by atoms with Crippen molar-refractivity contribution in [2.75, 3.05) is 29.9 Å². The van der Waals surface area contributed by atoms with Crippen LogP contribution in [0.15, 0.2) is 18.2 Å². The van der Waals surface area contributed by atoms with E-state index in [0.29, 0.717) is 39.5 Å². The van der Waals surface area contributed by atoms with E-state index in [1.54, 1.807) is 31.0 Å². The number of carbonyl (C=O) groups is 1. The molecule has 0 radical (unpaired) electrons. The smallest absolute Gasteiger partial charge is 0.414 e. The molecular weight excluding hydrogens is 409 g/mol. The lowest BCUT2D eigenvalue weighted by molar-refractivity contribution is 0.143. The Hall–Kier alpha value is -2.24. The van der Waals surface area contributed by atoms with Crippen molar-refractivity contribution in [2.24, 2.45) is 0 Å². The number of ether oxygens (including phenoxy) is 1. The summed E-state index contributed by atoms with van der Waals surface area (Å²) in [6.45, 7) is 2.48.